The van der Waals surface area contributed by atoms with Crippen LogP contribution in [-0.2, 0) is 6.54 Å². The van der Waals surface area contributed by atoms with Crippen LogP contribution < -0.4 is 5.73 Å². The largest absolute Gasteiger partial charge is 0.365 e. The Bertz CT molecular complexity index is 1290. The lowest BCUT2D eigenvalue weighted by atomic mass is 9.95. The van der Waals surface area contributed by atoms with Crippen molar-refractivity contribution in [3.8, 4) is 0 Å². The third-order valence-electron chi connectivity index (χ3n) is 5.94. The second-order valence-electron chi connectivity index (χ2n) is 7.85. The van der Waals surface area contributed by atoms with E-state index in [1.54, 1.807) is 17.7 Å². The van der Waals surface area contributed by atoms with Gasteiger partial charge in [0.1, 0.15) is 4.83 Å². The fraction of sp³-hybridized carbons (Fsp3) is 0.261. The predicted molar refractivity (Wildman–Crippen MR) is 119 cm³/mol. The van der Waals surface area contributed by atoms with E-state index in [0.29, 0.717) is 4.88 Å². The van der Waals surface area contributed by atoms with Crippen LogP contribution in [0.1, 0.15) is 44.9 Å². The first kappa shape index (κ1) is 19.0. The number of carbonyl (C=O) groups excluding carboxylic acids is 2. The zero-order valence-electron chi connectivity index (χ0n) is 16.7. The number of para-hydroxylation sites is 1. The number of hydrogen-bond donors (Lipinski definition) is 1. The van der Waals surface area contributed by atoms with Crippen molar-refractivity contribution in [2.75, 3.05) is 13.1 Å². The highest BCUT2D eigenvalue weighted by Crippen LogP contribution is 2.39. The fourth-order valence-corrected chi connectivity index (χ4v) is 5.71. The van der Waals surface area contributed by atoms with Crippen molar-refractivity contribution in [1.29, 1.82) is 0 Å². The monoisotopic (exact) mass is 418 g/mol. The predicted octanol–water partition coefficient (Wildman–Crippen LogP) is 4.00. The van der Waals surface area contributed by atoms with Gasteiger partial charge >= 0.3 is 0 Å². The quantitative estimate of drug-likeness (QED) is 0.543. The van der Waals surface area contributed by atoms with E-state index in [0.717, 1.165) is 58.3 Å². The van der Waals surface area contributed by atoms with Crippen molar-refractivity contribution in [3.05, 3.63) is 64.8 Å². The van der Waals surface area contributed by atoms with Gasteiger partial charge in [-0.2, -0.15) is 0 Å². The number of rotatable bonds is 4. The van der Waals surface area contributed by atoms with Gasteiger partial charge in [0.25, 0.3) is 5.91 Å². The van der Waals surface area contributed by atoms with Gasteiger partial charge in [0.2, 0.25) is 5.91 Å². The highest BCUT2D eigenvalue weighted by molar-refractivity contribution is 7.20. The topological polar surface area (TPSA) is 81.2 Å². The van der Waals surface area contributed by atoms with Crippen LogP contribution >= 0.6 is 11.3 Å². The molecule has 1 aromatic carbocycles. The average molecular weight is 419 g/mol. The van der Waals surface area contributed by atoms with Crippen LogP contribution in [0.15, 0.2) is 48.8 Å². The Morgan fingerprint density at radius 1 is 1.20 bits per heavy atom. The summed E-state index contributed by atoms with van der Waals surface area (Å²) in [6.45, 7) is 4.13. The molecule has 1 fully saturated rings. The smallest absolute Gasteiger partial charge is 0.259 e. The molecular formula is C23H22N4O2S. The maximum Gasteiger partial charge on any atom is 0.259 e. The Labute approximate surface area is 177 Å². The van der Waals surface area contributed by atoms with Crippen molar-refractivity contribution in [2.45, 2.75) is 25.8 Å². The van der Waals surface area contributed by atoms with Gasteiger partial charge in [-0.25, -0.2) is 4.98 Å². The zero-order valence-corrected chi connectivity index (χ0v) is 17.5. The molecule has 1 amide bonds. The number of likely N-dealkylation sites (tertiary alicyclic amines) is 1. The molecule has 5 rings (SSSR count). The molecule has 3 aromatic heterocycles. The fourth-order valence-electron chi connectivity index (χ4n) is 4.63. The molecule has 30 heavy (non-hydrogen) atoms. The Kier molecular flexibility index (Phi) is 4.64. The third-order valence-corrected chi connectivity index (χ3v) is 7.08. The van der Waals surface area contributed by atoms with Crippen LogP contribution in [-0.4, -0.2) is 39.4 Å². The number of primary amides is 1. The maximum absolute atomic E-state index is 12.1. The molecule has 4 heterocycles. The second kappa shape index (κ2) is 7.34. The normalized spacial score (nSPS) is 17.2. The number of nitrogens with zero attached hydrogens (tertiary/aromatic N) is 3. The number of thiophene rings is 1. The molecule has 0 radical (unpaired) electrons. The van der Waals surface area contributed by atoms with Crippen molar-refractivity contribution < 1.29 is 9.59 Å². The summed E-state index contributed by atoms with van der Waals surface area (Å²) in [5, 5.41) is 2.15. The molecule has 0 bridgehead atoms. The summed E-state index contributed by atoms with van der Waals surface area (Å²) >= 11 is 1.39. The lowest BCUT2D eigenvalue weighted by Crippen LogP contribution is -2.20. The molecule has 152 valence electrons. The Hall–Kier alpha value is -3.03. The van der Waals surface area contributed by atoms with Gasteiger partial charge in [-0.1, -0.05) is 24.3 Å². The molecule has 1 saturated heterocycles. The van der Waals surface area contributed by atoms with Crippen LogP contribution in [0.25, 0.3) is 21.1 Å². The molecule has 0 aliphatic carbocycles. The number of carbonyl (C=O) groups is 2. The summed E-state index contributed by atoms with van der Waals surface area (Å²) in [4.78, 5) is 32.4. The van der Waals surface area contributed by atoms with E-state index in [4.69, 9.17) is 5.73 Å². The molecule has 7 heteroatoms. The highest BCUT2D eigenvalue weighted by Gasteiger charge is 2.30. The summed E-state index contributed by atoms with van der Waals surface area (Å²) in [5.74, 6) is -0.123. The molecule has 1 aliphatic heterocycles. The van der Waals surface area contributed by atoms with Gasteiger partial charge in [0, 0.05) is 49.1 Å². The average Bonchev–Trinajstić information content (AvgIpc) is 3.43. The zero-order chi connectivity index (χ0) is 20.8. The summed E-state index contributed by atoms with van der Waals surface area (Å²) in [6, 6.07) is 12.0. The van der Waals surface area contributed by atoms with Crippen LogP contribution in [0.2, 0.25) is 0 Å². The maximum atomic E-state index is 12.1. The van der Waals surface area contributed by atoms with Gasteiger partial charge in [0.05, 0.1) is 10.4 Å². The number of hydrogen-bond acceptors (Lipinski definition) is 5. The lowest BCUT2D eigenvalue weighted by molar-refractivity contribution is 0.0940. The minimum Gasteiger partial charge on any atom is -0.365 e. The van der Waals surface area contributed by atoms with E-state index in [1.807, 2.05) is 36.5 Å². The number of fused-ring (bicyclic) bond motifs is 2. The minimum atomic E-state index is -0.379. The van der Waals surface area contributed by atoms with Crippen molar-refractivity contribution in [1.82, 2.24) is 14.5 Å². The summed E-state index contributed by atoms with van der Waals surface area (Å²) in [7, 11) is 0. The van der Waals surface area contributed by atoms with Gasteiger partial charge in [0.15, 0.2) is 0 Å². The minimum absolute atomic E-state index is 0.0140. The summed E-state index contributed by atoms with van der Waals surface area (Å²) < 4.78 is 1.72. The molecule has 0 spiro atoms. The van der Waals surface area contributed by atoms with Crippen molar-refractivity contribution >= 4 is 44.3 Å². The summed E-state index contributed by atoms with van der Waals surface area (Å²) in [6.07, 6.45) is 4.67. The number of benzene rings is 1. The van der Waals surface area contributed by atoms with Gasteiger partial charge in [-0.3, -0.25) is 19.1 Å². The number of pyridine rings is 1. The van der Waals surface area contributed by atoms with E-state index in [1.165, 1.54) is 11.3 Å². The number of nitrogens with two attached hydrogens (primary N) is 1. The first-order valence-electron chi connectivity index (χ1n) is 10.0. The molecule has 0 saturated carbocycles. The third kappa shape index (κ3) is 3.11. The standard InChI is InChI=1S/C23H22N4O2S/c1-14(28)27-13-16(17-5-2-3-7-19(17)27)12-26-10-8-15(11-26)20-18-6-4-9-25-23(18)30-21(20)22(24)29/h2-7,9,13,15H,8,10-12H2,1H3,(H2,24,29)/t15-/m1/s1. The van der Waals surface area contributed by atoms with E-state index in [2.05, 4.69) is 16.0 Å². The van der Waals surface area contributed by atoms with Gasteiger partial charge in [-0.05, 0) is 36.2 Å². The van der Waals surface area contributed by atoms with Crippen LogP contribution in [0.3, 0.4) is 0 Å². The van der Waals surface area contributed by atoms with Crippen LogP contribution in [0, 0.1) is 0 Å². The van der Waals surface area contributed by atoms with Crippen molar-refractivity contribution in [3.63, 3.8) is 0 Å². The molecule has 4 aromatic rings. The Morgan fingerprint density at radius 3 is 2.80 bits per heavy atom. The Balaban J connectivity index is 1.45. The number of aromatic nitrogens is 2. The van der Waals surface area contributed by atoms with Crippen LogP contribution in [0.5, 0.6) is 0 Å². The highest BCUT2D eigenvalue weighted by atomic mass is 32.1. The Morgan fingerprint density at radius 2 is 2.00 bits per heavy atom. The number of amides is 1. The van der Waals surface area contributed by atoms with E-state index < -0.39 is 0 Å². The second-order valence-corrected chi connectivity index (χ2v) is 8.85. The molecule has 2 N–H and O–H groups in total. The van der Waals surface area contributed by atoms with E-state index >= 15 is 0 Å². The lowest BCUT2D eigenvalue weighted by Gasteiger charge is -2.16. The summed E-state index contributed by atoms with van der Waals surface area (Å²) in [5.41, 5.74) is 8.83. The SMILES string of the molecule is CC(=O)n1cc(CN2CC[C@@H](c3c(C(N)=O)sc4ncccc34)C2)c2ccccc21. The molecule has 1 atom stereocenters. The molecular weight excluding hydrogens is 396 g/mol. The molecule has 6 nitrogen and oxygen atoms in total. The van der Waals surface area contributed by atoms with Gasteiger partial charge in [-0.15, -0.1) is 11.3 Å². The first-order valence-corrected chi connectivity index (χ1v) is 10.8. The van der Waals surface area contributed by atoms with E-state index in [9.17, 15) is 9.59 Å². The molecule has 0 unspecified atom stereocenters. The first-order chi connectivity index (χ1) is 14.5. The van der Waals surface area contributed by atoms with Gasteiger partial charge < -0.3 is 5.73 Å². The van der Waals surface area contributed by atoms with E-state index in [-0.39, 0.29) is 17.7 Å². The van der Waals surface area contributed by atoms with Crippen molar-refractivity contribution in [2.24, 2.45) is 5.73 Å². The van der Waals surface area contributed by atoms with Crippen LogP contribution in [0.4, 0.5) is 0 Å². The molecule has 1 aliphatic rings.